The summed E-state index contributed by atoms with van der Waals surface area (Å²) in [6.07, 6.45) is 2.73. The lowest BCUT2D eigenvalue weighted by Crippen LogP contribution is -2.53. The molecule has 2 unspecified atom stereocenters. The lowest BCUT2D eigenvalue weighted by molar-refractivity contribution is -0.0359. The minimum Gasteiger partial charge on any atom is -0.487 e. The van der Waals surface area contributed by atoms with Crippen LogP contribution >= 0.6 is 0 Å². The summed E-state index contributed by atoms with van der Waals surface area (Å²) in [6.45, 7) is 3.20. The summed E-state index contributed by atoms with van der Waals surface area (Å²) >= 11 is 0. The Labute approximate surface area is 113 Å². The molecule has 0 aromatic heterocycles. The Morgan fingerprint density at radius 1 is 1.42 bits per heavy atom. The number of hydrogen-bond acceptors (Lipinski definition) is 3. The molecular formula is C15H21FN2O. The summed E-state index contributed by atoms with van der Waals surface area (Å²) < 4.78 is 19.6. The van der Waals surface area contributed by atoms with Crippen molar-refractivity contribution in [1.29, 1.82) is 0 Å². The van der Waals surface area contributed by atoms with Crippen molar-refractivity contribution in [3.63, 3.8) is 0 Å². The molecule has 1 spiro atoms. The van der Waals surface area contributed by atoms with E-state index >= 15 is 0 Å². The molecule has 4 heteroatoms. The van der Waals surface area contributed by atoms with Crippen LogP contribution in [0.3, 0.4) is 0 Å². The first-order valence-corrected chi connectivity index (χ1v) is 6.93. The van der Waals surface area contributed by atoms with Gasteiger partial charge in [-0.1, -0.05) is 6.07 Å². The fraction of sp³-hybridized carbons (Fsp3) is 0.600. The molecule has 2 N–H and O–H groups in total. The Morgan fingerprint density at radius 3 is 2.95 bits per heavy atom. The molecule has 19 heavy (non-hydrogen) atoms. The molecule has 1 saturated heterocycles. The molecule has 0 saturated carbocycles. The first kappa shape index (κ1) is 12.9. The number of halogens is 1. The highest BCUT2D eigenvalue weighted by Crippen LogP contribution is 2.44. The molecule has 2 aliphatic heterocycles. The largest absolute Gasteiger partial charge is 0.487 e. The van der Waals surface area contributed by atoms with Crippen LogP contribution in [-0.4, -0.2) is 30.1 Å². The number of fused-ring (bicyclic) bond motifs is 1. The van der Waals surface area contributed by atoms with Gasteiger partial charge in [0, 0.05) is 43.1 Å². The smallest absolute Gasteiger partial charge is 0.127 e. The summed E-state index contributed by atoms with van der Waals surface area (Å²) in [5.74, 6) is 0.375. The van der Waals surface area contributed by atoms with Crippen molar-refractivity contribution in [2.75, 3.05) is 13.6 Å². The molecule has 3 atom stereocenters. The summed E-state index contributed by atoms with van der Waals surface area (Å²) in [5, 5.41) is 0. The lowest BCUT2D eigenvalue weighted by Gasteiger charge is -2.48. The number of nitrogens with zero attached hydrogens (tertiary/aromatic N) is 1. The zero-order valence-electron chi connectivity index (χ0n) is 11.5. The lowest BCUT2D eigenvalue weighted by atomic mass is 9.78. The van der Waals surface area contributed by atoms with E-state index in [2.05, 4.69) is 18.9 Å². The third kappa shape index (κ3) is 2.23. The minimum atomic E-state index is -0.260. The second kappa shape index (κ2) is 4.46. The van der Waals surface area contributed by atoms with Crippen LogP contribution in [0, 0.1) is 5.82 Å². The van der Waals surface area contributed by atoms with E-state index in [0.717, 1.165) is 31.4 Å². The third-order valence-electron chi connectivity index (χ3n) is 4.63. The molecule has 1 aromatic rings. The van der Waals surface area contributed by atoms with E-state index in [4.69, 9.17) is 10.5 Å². The maximum Gasteiger partial charge on any atom is 0.127 e. The molecular weight excluding hydrogens is 243 g/mol. The summed E-state index contributed by atoms with van der Waals surface area (Å²) in [6, 6.07) is 5.09. The highest BCUT2D eigenvalue weighted by atomic mass is 19.1. The predicted molar refractivity (Wildman–Crippen MR) is 72.6 cm³/mol. The van der Waals surface area contributed by atoms with Gasteiger partial charge in [-0.15, -0.1) is 0 Å². The molecule has 2 aliphatic rings. The highest BCUT2D eigenvalue weighted by molar-refractivity contribution is 5.39. The van der Waals surface area contributed by atoms with Gasteiger partial charge in [0.1, 0.15) is 17.2 Å². The van der Waals surface area contributed by atoms with Crippen LogP contribution in [0.5, 0.6) is 5.75 Å². The topological polar surface area (TPSA) is 38.5 Å². The SMILES string of the molecule is CC1CC2(CCN1C)C[C@H](N)c1ccc(F)cc1O2. The van der Waals surface area contributed by atoms with Crippen molar-refractivity contribution >= 4 is 0 Å². The molecule has 0 aliphatic carbocycles. The van der Waals surface area contributed by atoms with Crippen LogP contribution in [0.15, 0.2) is 18.2 Å². The van der Waals surface area contributed by atoms with Gasteiger partial charge in [-0.2, -0.15) is 0 Å². The predicted octanol–water partition coefficient (Wildman–Crippen LogP) is 2.46. The molecule has 1 fully saturated rings. The van der Waals surface area contributed by atoms with Gasteiger partial charge in [0.15, 0.2) is 0 Å². The summed E-state index contributed by atoms with van der Waals surface area (Å²) in [7, 11) is 2.13. The van der Waals surface area contributed by atoms with E-state index in [9.17, 15) is 4.39 Å². The van der Waals surface area contributed by atoms with E-state index in [1.165, 1.54) is 12.1 Å². The number of hydrogen-bond donors (Lipinski definition) is 1. The molecule has 0 amide bonds. The summed E-state index contributed by atoms with van der Waals surface area (Å²) in [4.78, 5) is 2.33. The number of piperidine rings is 1. The van der Waals surface area contributed by atoms with Gasteiger partial charge >= 0.3 is 0 Å². The molecule has 104 valence electrons. The molecule has 0 bridgehead atoms. The average molecular weight is 264 g/mol. The third-order valence-corrected chi connectivity index (χ3v) is 4.63. The van der Waals surface area contributed by atoms with Gasteiger partial charge in [-0.05, 0) is 26.5 Å². The fourth-order valence-electron chi connectivity index (χ4n) is 3.36. The quantitative estimate of drug-likeness (QED) is 0.782. The van der Waals surface area contributed by atoms with Crippen LogP contribution in [-0.2, 0) is 0 Å². The van der Waals surface area contributed by atoms with E-state index in [-0.39, 0.29) is 17.5 Å². The maximum atomic E-state index is 13.4. The maximum absolute atomic E-state index is 13.4. The number of benzene rings is 1. The normalized spacial score (nSPS) is 34.9. The Bertz CT molecular complexity index is 493. The van der Waals surface area contributed by atoms with Crippen molar-refractivity contribution in [2.45, 2.75) is 43.9 Å². The first-order valence-electron chi connectivity index (χ1n) is 6.93. The molecule has 3 rings (SSSR count). The zero-order chi connectivity index (χ0) is 13.6. The van der Waals surface area contributed by atoms with Gasteiger partial charge in [0.2, 0.25) is 0 Å². The number of ether oxygens (including phenoxy) is 1. The van der Waals surface area contributed by atoms with Gasteiger partial charge in [-0.3, -0.25) is 0 Å². The van der Waals surface area contributed by atoms with E-state index < -0.39 is 0 Å². The monoisotopic (exact) mass is 264 g/mol. The Hall–Kier alpha value is -1.13. The number of likely N-dealkylation sites (tertiary alicyclic amines) is 1. The van der Waals surface area contributed by atoms with Crippen molar-refractivity contribution in [2.24, 2.45) is 5.73 Å². The molecule has 2 heterocycles. The van der Waals surface area contributed by atoms with Crippen LogP contribution in [0.4, 0.5) is 4.39 Å². The zero-order valence-corrected chi connectivity index (χ0v) is 11.5. The van der Waals surface area contributed by atoms with Gasteiger partial charge in [0.05, 0.1) is 0 Å². The molecule has 3 nitrogen and oxygen atoms in total. The Balaban J connectivity index is 1.91. The minimum absolute atomic E-state index is 0.0556. The standard InChI is InChI=1S/C15H21FN2O/c1-10-8-15(5-6-18(10)2)9-13(17)12-4-3-11(16)7-14(12)19-15/h3-4,7,10,13H,5-6,8-9,17H2,1-2H3/t10?,13-,15?/m0/s1. The number of rotatable bonds is 0. The van der Waals surface area contributed by atoms with Crippen molar-refractivity contribution in [3.05, 3.63) is 29.6 Å². The van der Waals surface area contributed by atoms with E-state index in [0.29, 0.717) is 11.8 Å². The van der Waals surface area contributed by atoms with Crippen molar-refractivity contribution in [3.8, 4) is 5.75 Å². The van der Waals surface area contributed by atoms with Crippen LogP contribution in [0.1, 0.15) is 37.8 Å². The molecule has 1 aromatic carbocycles. The van der Waals surface area contributed by atoms with Crippen molar-refractivity contribution < 1.29 is 9.13 Å². The van der Waals surface area contributed by atoms with E-state index in [1.54, 1.807) is 6.07 Å². The van der Waals surface area contributed by atoms with Crippen molar-refractivity contribution in [1.82, 2.24) is 4.90 Å². The summed E-state index contributed by atoms with van der Waals surface area (Å²) in [5.41, 5.74) is 6.98. The van der Waals surface area contributed by atoms with Gasteiger partial charge in [-0.25, -0.2) is 4.39 Å². The van der Waals surface area contributed by atoms with Crippen LogP contribution in [0.2, 0.25) is 0 Å². The molecule has 0 radical (unpaired) electrons. The average Bonchev–Trinajstić information content (AvgIpc) is 2.34. The first-order chi connectivity index (χ1) is 8.99. The fourth-order valence-corrected chi connectivity index (χ4v) is 3.36. The number of nitrogens with two attached hydrogens (primary N) is 1. The van der Waals surface area contributed by atoms with Crippen LogP contribution < -0.4 is 10.5 Å². The Morgan fingerprint density at radius 2 is 2.21 bits per heavy atom. The van der Waals surface area contributed by atoms with E-state index in [1.807, 2.05) is 0 Å². The second-order valence-corrected chi connectivity index (χ2v) is 6.06. The van der Waals surface area contributed by atoms with Crippen LogP contribution in [0.25, 0.3) is 0 Å². The Kier molecular flexibility index (Phi) is 3.02. The highest BCUT2D eigenvalue weighted by Gasteiger charge is 2.44. The van der Waals surface area contributed by atoms with Gasteiger partial charge < -0.3 is 15.4 Å². The van der Waals surface area contributed by atoms with Gasteiger partial charge in [0.25, 0.3) is 0 Å². The second-order valence-electron chi connectivity index (χ2n) is 6.06.